The molecule has 1 heterocycles. The molecule has 92 valence electrons. The molecule has 0 atom stereocenters. The fraction of sp³-hybridized carbons (Fsp3) is 0.300. The Morgan fingerprint density at radius 2 is 2.06 bits per heavy atom. The first-order valence-electron chi connectivity index (χ1n) is 5.08. The van der Waals surface area contributed by atoms with Crippen molar-refractivity contribution in [2.24, 2.45) is 5.84 Å². The number of hydrogen-bond donors (Lipinski definition) is 4. The van der Waals surface area contributed by atoms with E-state index in [1.165, 1.54) is 19.3 Å². The molecule has 5 N–H and O–H groups in total. The SMILES string of the molecule is CC(=O)NCCNC(=O)c1cnccc1NN. The second-order valence-electron chi connectivity index (χ2n) is 3.30. The number of nitrogens with one attached hydrogen (secondary N) is 3. The maximum Gasteiger partial charge on any atom is 0.255 e. The average molecular weight is 237 g/mol. The Bertz CT molecular complexity index is 407. The van der Waals surface area contributed by atoms with Crippen LogP contribution in [0.1, 0.15) is 17.3 Å². The number of carbonyl (C=O) groups excluding carboxylic acids is 2. The maximum absolute atomic E-state index is 11.7. The zero-order valence-electron chi connectivity index (χ0n) is 9.49. The van der Waals surface area contributed by atoms with Gasteiger partial charge in [0, 0.05) is 32.4 Å². The van der Waals surface area contributed by atoms with E-state index >= 15 is 0 Å². The first-order valence-corrected chi connectivity index (χ1v) is 5.08. The lowest BCUT2D eigenvalue weighted by Crippen LogP contribution is -2.34. The van der Waals surface area contributed by atoms with Crippen LogP contribution in [-0.2, 0) is 4.79 Å². The van der Waals surface area contributed by atoms with Crippen molar-refractivity contribution in [2.75, 3.05) is 18.5 Å². The minimum Gasteiger partial charge on any atom is -0.355 e. The molecule has 1 aromatic rings. The maximum atomic E-state index is 11.7. The van der Waals surface area contributed by atoms with Crippen molar-refractivity contribution >= 4 is 17.5 Å². The molecule has 1 rings (SSSR count). The van der Waals surface area contributed by atoms with Gasteiger partial charge in [-0.15, -0.1) is 0 Å². The predicted molar refractivity (Wildman–Crippen MR) is 63.1 cm³/mol. The molecule has 0 aliphatic rings. The lowest BCUT2D eigenvalue weighted by molar-refractivity contribution is -0.118. The van der Waals surface area contributed by atoms with Gasteiger partial charge in [-0.1, -0.05) is 0 Å². The second-order valence-corrected chi connectivity index (χ2v) is 3.30. The van der Waals surface area contributed by atoms with E-state index < -0.39 is 0 Å². The third kappa shape index (κ3) is 4.07. The Labute approximate surface area is 98.8 Å². The van der Waals surface area contributed by atoms with Crippen molar-refractivity contribution in [3.8, 4) is 0 Å². The lowest BCUT2D eigenvalue weighted by Gasteiger charge is -2.08. The molecule has 1 aromatic heterocycles. The molecule has 0 bridgehead atoms. The molecular weight excluding hydrogens is 222 g/mol. The van der Waals surface area contributed by atoms with E-state index in [1.54, 1.807) is 6.07 Å². The zero-order valence-corrected chi connectivity index (χ0v) is 9.49. The topological polar surface area (TPSA) is 109 Å². The highest BCUT2D eigenvalue weighted by atomic mass is 16.2. The summed E-state index contributed by atoms with van der Waals surface area (Å²) in [6, 6.07) is 1.60. The summed E-state index contributed by atoms with van der Waals surface area (Å²) in [4.78, 5) is 26.2. The van der Waals surface area contributed by atoms with Gasteiger partial charge in [-0.3, -0.25) is 20.4 Å². The molecule has 2 amide bonds. The van der Waals surface area contributed by atoms with E-state index in [0.29, 0.717) is 24.3 Å². The monoisotopic (exact) mass is 237 g/mol. The molecule has 0 radical (unpaired) electrons. The molecule has 0 unspecified atom stereocenters. The normalized spacial score (nSPS) is 9.53. The number of amides is 2. The standard InChI is InChI=1S/C10H15N5O2/c1-7(16)13-4-5-14-10(17)8-6-12-3-2-9(8)15-11/h2-3,6H,4-5,11H2,1H3,(H,12,15)(H,13,16)(H,14,17). The fourth-order valence-electron chi connectivity index (χ4n) is 1.21. The molecule has 7 heteroatoms. The van der Waals surface area contributed by atoms with Gasteiger partial charge < -0.3 is 16.1 Å². The van der Waals surface area contributed by atoms with Gasteiger partial charge in [0.1, 0.15) is 0 Å². The van der Waals surface area contributed by atoms with Crippen LogP contribution < -0.4 is 21.9 Å². The first kappa shape index (κ1) is 12.9. The van der Waals surface area contributed by atoms with E-state index in [9.17, 15) is 9.59 Å². The summed E-state index contributed by atoms with van der Waals surface area (Å²) >= 11 is 0. The van der Waals surface area contributed by atoms with E-state index in [1.807, 2.05) is 0 Å². The quantitative estimate of drug-likeness (QED) is 0.305. The second kappa shape index (κ2) is 6.44. The first-order chi connectivity index (χ1) is 8.15. The highest BCUT2D eigenvalue weighted by Gasteiger charge is 2.09. The van der Waals surface area contributed by atoms with Crippen molar-refractivity contribution in [1.29, 1.82) is 0 Å². The molecule has 0 spiro atoms. The average Bonchev–Trinajstić information content (AvgIpc) is 2.34. The van der Waals surface area contributed by atoms with Gasteiger partial charge in [0.2, 0.25) is 5.91 Å². The summed E-state index contributed by atoms with van der Waals surface area (Å²) in [6.45, 7) is 2.14. The van der Waals surface area contributed by atoms with Crippen LogP contribution in [0.15, 0.2) is 18.5 Å². The summed E-state index contributed by atoms with van der Waals surface area (Å²) in [5.41, 5.74) is 3.27. The van der Waals surface area contributed by atoms with Gasteiger partial charge in [-0.2, -0.15) is 0 Å². The Morgan fingerprint density at radius 1 is 1.35 bits per heavy atom. The predicted octanol–water partition coefficient (Wildman–Crippen LogP) is -0.767. The minimum absolute atomic E-state index is 0.134. The number of nitrogens with two attached hydrogens (primary N) is 1. The van der Waals surface area contributed by atoms with Crippen molar-refractivity contribution < 1.29 is 9.59 Å². The molecule has 0 aliphatic heterocycles. The summed E-state index contributed by atoms with van der Waals surface area (Å²) in [7, 11) is 0. The molecule has 0 fully saturated rings. The van der Waals surface area contributed by atoms with Crippen LogP contribution in [0.5, 0.6) is 0 Å². The van der Waals surface area contributed by atoms with Crippen molar-refractivity contribution in [2.45, 2.75) is 6.92 Å². The third-order valence-electron chi connectivity index (χ3n) is 2.01. The number of hydrogen-bond acceptors (Lipinski definition) is 5. The van der Waals surface area contributed by atoms with Crippen LogP contribution in [0.2, 0.25) is 0 Å². The van der Waals surface area contributed by atoms with E-state index in [2.05, 4.69) is 21.0 Å². The van der Waals surface area contributed by atoms with E-state index in [0.717, 1.165) is 0 Å². The summed E-state index contributed by atoms with van der Waals surface area (Å²) < 4.78 is 0. The van der Waals surface area contributed by atoms with Gasteiger partial charge in [0.25, 0.3) is 5.91 Å². The van der Waals surface area contributed by atoms with Crippen molar-refractivity contribution in [1.82, 2.24) is 15.6 Å². The Hall–Kier alpha value is -2.15. The van der Waals surface area contributed by atoms with Gasteiger partial charge in [-0.25, -0.2) is 0 Å². The number of pyridine rings is 1. The Kier molecular flexibility index (Phi) is 4.89. The van der Waals surface area contributed by atoms with Crippen LogP contribution in [0.25, 0.3) is 0 Å². The van der Waals surface area contributed by atoms with Crippen LogP contribution in [-0.4, -0.2) is 29.9 Å². The molecule has 0 aliphatic carbocycles. The molecule has 0 saturated carbocycles. The minimum atomic E-state index is -0.295. The van der Waals surface area contributed by atoms with Crippen molar-refractivity contribution in [3.63, 3.8) is 0 Å². The summed E-state index contributed by atoms with van der Waals surface area (Å²) in [6.07, 6.45) is 2.95. The largest absolute Gasteiger partial charge is 0.355 e. The highest BCUT2D eigenvalue weighted by Crippen LogP contribution is 2.10. The van der Waals surface area contributed by atoms with Crippen molar-refractivity contribution in [3.05, 3.63) is 24.0 Å². The number of carbonyl (C=O) groups is 2. The highest BCUT2D eigenvalue weighted by molar-refractivity contribution is 5.99. The van der Waals surface area contributed by atoms with Gasteiger partial charge in [0.05, 0.1) is 11.3 Å². The van der Waals surface area contributed by atoms with Crippen LogP contribution in [0.4, 0.5) is 5.69 Å². The van der Waals surface area contributed by atoms with E-state index in [4.69, 9.17) is 5.84 Å². The van der Waals surface area contributed by atoms with Crippen LogP contribution >= 0.6 is 0 Å². The number of nitrogens with zero attached hydrogens (tertiary/aromatic N) is 1. The number of nitrogen functional groups attached to an aromatic ring is 1. The fourth-order valence-corrected chi connectivity index (χ4v) is 1.21. The Balaban J connectivity index is 2.49. The molecule has 17 heavy (non-hydrogen) atoms. The number of anilines is 1. The zero-order chi connectivity index (χ0) is 12.7. The molecular formula is C10H15N5O2. The summed E-state index contributed by atoms with van der Waals surface area (Å²) in [5, 5.41) is 5.21. The van der Waals surface area contributed by atoms with Gasteiger partial charge in [-0.05, 0) is 6.07 Å². The number of rotatable bonds is 5. The third-order valence-corrected chi connectivity index (χ3v) is 2.01. The summed E-state index contributed by atoms with van der Waals surface area (Å²) in [5.74, 6) is 4.84. The molecule has 0 aromatic carbocycles. The van der Waals surface area contributed by atoms with Gasteiger partial charge in [0.15, 0.2) is 0 Å². The van der Waals surface area contributed by atoms with E-state index in [-0.39, 0.29) is 11.8 Å². The Morgan fingerprint density at radius 3 is 2.71 bits per heavy atom. The lowest BCUT2D eigenvalue weighted by atomic mass is 10.2. The van der Waals surface area contributed by atoms with Gasteiger partial charge >= 0.3 is 0 Å². The molecule has 7 nitrogen and oxygen atoms in total. The smallest absolute Gasteiger partial charge is 0.255 e. The number of hydrazine groups is 1. The van der Waals surface area contributed by atoms with Crippen LogP contribution in [0.3, 0.4) is 0 Å². The molecule has 0 saturated heterocycles. The van der Waals surface area contributed by atoms with Crippen LogP contribution in [0, 0.1) is 0 Å². The number of aromatic nitrogens is 1.